The summed E-state index contributed by atoms with van der Waals surface area (Å²) in [6, 6.07) is 3.04. The molecule has 0 aliphatic heterocycles. The van der Waals surface area contributed by atoms with Gasteiger partial charge in [0.2, 0.25) is 0 Å². The van der Waals surface area contributed by atoms with Crippen molar-refractivity contribution in [2.24, 2.45) is 0 Å². The second kappa shape index (κ2) is 5.87. The van der Waals surface area contributed by atoms with Gasteiger partial charge < -0.3 is 0 Å². The minimum Gasteiger partial charge on any atom is -0.294 e. The van der Waals surface area contributed by atoms with Crippen molar-refractivity contribution in [3.63, 3.8) is 0 Å². The van der Waals surface area contributed by atoms with Crippen molar-refractivity contribution in [1.82, 2.24) is 0 Å². The van der Waals surface area contributed by atoms with Gasteiger partial charge in [-0.15, -0.1) is 11.6 Å². The van der Waals surface area contributed by atoms with Crippen molar-refractivity contribution in [2.45, 2.75) is 18.5 Å². The number of carbonyl (C=O) groups excluding carboxylic acids is 1. The van der Waals surface area contributed by atoms with Gasteiger partial charge in [-0.3, -0.25) is 4.79 Å². The van der Waals surface area contributed by atoms with Gasteiger partial charge in [0, 0.05) is 23.2 Å². The van der Waals surface area contributed by atoms with Gasteiger partial charge in [-0.1, -0.05) is 22.0 Å². The van der Waals surface area contributed by atoms with Crippen LogP contribution in [0, 0.1) is 0 Å². The predicted octanol–water partition coefficient (Wildman–Crippen LogP) is 4.41. The molecule has 0 fully saturated rings. The van der Waals surface area contributed by atoms with E-state index in [2.05, 4.69) is 15.9 Å². The Morgan fingerprint density at radius 2 is 2.00 bits per heavy atom. The summed E-state index contributed by atoms with van der Waals surface area (Å²) in [7, 11) is 0. The monoisotopic (exact) mass is 328 g/mol. The van der Waals surface area contributed by atoms with Crippen LogP contribution in [0.1, 0.15) is 27.9 Å². The van der Waals surface area contributed by atoms with Crippen molar-refractivity contribution in [3.05, 3.63) is 34.9 Å². The Morgan fingerprint density at radius 1 is 1.35 bits per heavy atom. The average Bonchev–Trinajstić information content (AvgIpc) is 2.27. The number of hydrogen-bond acceptors (Lipinski definition) is 1. The van der Waals surface area contributed by atoms with Crippen LogP contribution in [0.5, 0.6) is 0 Å². The second-order valence-electron chi connectivity index (χ2n) is 3.37. The van der Waals surface area contributed by atoms with Crippen molar-refractivity contribution >= 4 is 33.3 Å². The molecule has 1 nitrogen and oxygen atoms in total. The van der Waals surface area contributed by atoms with E-state index in [1.165, 1.54) is 6.07 Å². The summed E-state index contributed by atoms with van der Waals surface area (Å²) in [6.07, 6.45) is -4.31. The Morgan fingerprint density at radius 3 is 2.47 bits per heavy atom. The summed E-state index contributed by atoms with van der Waals surface area (Å²) >= 11 is 8.67. The van der Waals surface area contributed by atoms with E-state index in [9.17, 15) is 18.0 Å². The predicted molar refractivity (Wildman–Crippen MR) is 63.7 cm³/mol. The first-order valence-corrected chi connectivity index (χ1v) is 6.41. The maximum absolute atomic E-state index is 12.5. The molecule has 0 bridgehead atoms. The van der Waals surface area contributed by atoms with Crippen LogP contribution in [-0.4, -0.2) is 11.1 Å². The SMILES string of the molecule is O=C(CCBr)c1cc(C(F)(F)F)ccc1CCl. The molecule has 0 aromatic heterocycles. The fourth-order valence-electron chi connectivity index (χ4n) is 1.35. The van der Waals surface area contributed by atoms with E-state index in [4.69, 9.17) is 11.6 Å². The fourth-order valence-corrected chi connectivity index (χ4v) is 1.94. The maximum atomic E-state index is 12.5. The third-order valence-electron chi connectivity index (χ3n) is 2.20. The summed E-state index contributed by atoms with van der Waals surface area (Å²) in [5, 5.41) is 0.407. The number of alkyl halides is 5. The lowest BCUT2D eigenvalue weighted by atomic mass is 10.00. The van der Waals surface area contributed by atoms with Crippen LogP contribution in [0.25, 0.3) is 0 Å². The molecule has 0 unspecified atom stereocenters. The highest BCUT2D eigenvalue weighted by molar-refractivity contribution is 9.09. The summed E-state index contributed by atoms with van der Waals surface area (Å²) in [6.45, 7) is 0. The first-order valence-electron chi connectivity index (χ1n) is 4.75. The largest absolute Gasteiger partial charge is 0.416 e. The van der Waals surface area contributed by atoms with E-state index in [1.54, 1.807) is 0 Å². The van der Waals surface area contributed by atoms with E-state index in [1.807, 2.05) is 0 Å². The van der Waals surface area contributed by atoms with Gasteiger partial charge >= 0.3 is 6.18 Å². The lowest BCUT2D eigenvalue weighted by Gasteiger charge is -2.11. The summed E-state index contributed by atoms with van der Waals surface area (Å²) in [5.74, 6) is -0.328. The van der Waals surface area contributed by atoms with Gasteiger partial charge in [0.05, 0.1) is 5.56 Å². The van der Waals surface area contributed by atoms with Crippen LogP contribution in [-0.2, 0) is 12.1 Å². The van der Waals surface area contributed by atoms with Crippen molar-refractivity contribution in [3.8, 4) is 0 Å². The Labute approximate surface area is 110 Å². The second-order valence-corrected chi connectivity index (χ2v) is 4.43. The molecule has 94 valence electrons. The van der Waals surface area contributed by atoms with E-state index in [0.717, 1.165) is 12.1 Å². The zero-order valence-corrected chi connectivity index (χ0v) is 11.0. The number of halogens is 5. The highest BCUT2D eigenvalue weighted by Crippen LogP contribution is 2.31. The van der Waals surface area contributed by atoms with E-state index in [0.29, 0.717) is 10.9 Å². The molecule has 0 radical (unpaired) electrons. The van der Waals surface area contributed by atoms with Crippen LogP contribution in [0.2, 0.25) is 0 Å². The minimum atomic E-state index is -4.45. The number of ketones is 1. The molecule has 0 amide bonds. The van der Waals surface area contributed by atoms with Crippen LogP contribution >= 0.6 is 27.5 Å². The molecular weight excluding hydrogens is 320 g/mol. The molecule has 0 aliphatic carbocycles. The van der Waals surface area contributed by atoms with Crippen molar-refractivity contribution in [1.29, 1.82) is 0 Å². The van der Waals surface area contributed by atoms with Crippen LogP contribution in [0.3, 0.4) is 0 Å². The highest BCUT2D eigenvalue weighted by Gasteiger charge is 2.31. The number of carbonyl (C=O) groups is 1. The number of Topliss-reactive ketones (excluding diaryl/α,β-unsaturated/α-hetero) is 1. The molecule has 0 spiro atoms. The van der Waals surface area contributed by atoms with Crippen molar-refractivity contribution in [2.75, 3.05) is 5.33 Å². The van der Waals surface area contributed by atoms with Gasteiger partial charge in [-0.25, -0.2) is 0 Å². The summed E-state index contributed by atoms with van der Waals surface area (Å²) in [5.41, 5.74) is -0.357. The van der Waals surface area contributed by atoms with E-state index in [-0.39, 0.29) is 23.6 Å². The van der Waals surface area contributed by atoms with Gasteiger partial charge in [0.25, 0.3) is 0 Å². The molecule has 6 heteroatoms. The standard InChI is InChI=1S/C11H9BrClF3O/c12-4-3-10(17)9-5-8(11(14,15)16)2-1-7(9)6-13/h1-2,5H,3-4,6H2. The summed E-state index contributed by atoms with van der Waals surface area (Å²) in [4.78, 5) is 11.6. The third-order valence-corrected chi connectivity index (χ3v) is 2.89. The third kappa shape index (κ3) is 3.71. The number of hydrogen-bond donors (Lipinski definition) is 0. The first-order chi connectivity index (χ1) is 7.90. The molecule has 0 atom stereocenters. The lowest BCUT2D eigenvalue weighted by Crippen LogP contribution is -2.10. The van der Waals surface area contributed by atoms with Crippen LogP contribution in [0.4, 0.5) is 13.2 Å². The molecule has 0 heterocycles. The Balaban J connectivity index is 3.20. The van der Waals surface area contributed by atoms with Crippen LogP contribution in [0.15, 0.2) is 18.2 Å². The Hall–Kier alpha value is -0.550. The van der Waals surface area contributed by atoms with E-state index < -0.39 is 11.7 Å². The highest BCUT2D eigenvalue weighted by atomic mass is 79.9. The molecule has 0 aliphatic rings. The first kappa shape index (κ1) is 14.5. The number of rotatable bonds is 4. The fraction of sp³-hybridized carbons (Fsp3) is 0.364. The molecule has 1 rings (SSSR count). The molecule has 17 heavy (non-hydrogen) atoms. The molecule has 0 saturated carbocycles. The van der Waals surface area contributed by atoms with Gasteiger partial charge in [-0.2, -0.15) is 13.2 Å². The van der Waals surface area contributed by atoms with E-state index >= 15 is 0 Å². The Kier molecular flexibility index (Phi) is 5.01. The smallest absolute Gasteiger partial charge is 0.294 e. The van der Waals surface area contributed by atoms with Crippen molar-refractivity contribution < 1.29 is 18.0 Å². The maximum Gasteiger partial charge on any atom is 0.416 e. The zero-order chi connectivity index (χ0) is 13.1. The van der Waals surface area contributed by atoms with Gasteiger partial charge in [0.15, 0.2) is 5.78 Å². The topological polar surface area (TPSA) is 17.1 Å². The van der Waals surface area contributed by atoms with Gasteiger partial charge in [0.1, 0.15) is 0 Å². The molecule has 1 aromatic rings. The zero-order valence-electron chi connectivity index (χ0n) is 8.65. The molecule has 0 N–H and O–H groups in total. The molecule has 1 aromatic carbocycles. The van der Waals surface area contributed by atoms with Crippen LogP contribution < -0.4 is 0 Å². The summed E-state index contributed by atoms with van der Waals surface area (Å²) < 4.78 is 37.5. The lowest BCUT2D eigenvalue weighted by molar-refractivity contribution is -0.137. The number of benzene rings is 1. The average molecular weight is 330 g/mol. The minimum absolute atomic E-state index is 0.0154. The molecular formula is C11H9BrClF3O. The quantitative estimate of drug-likeness (QED) is 0.590. The molecule has 0 saturated heterocycles. The Bertz CT molecular complexity index is 418. The van der Waals surface area contributed by atoms with Gasteiger partial charge in [-0.05, 0) is 17.7 Å². The normalized spacial score (nSPS) is 11.6.